The number of H-pyrrole nitrogens is 1. The molecule has 1 atom stereocenters. The minimum Gasteiger partial charge on any atom is -0.366 e. The maximum atomic E-state index is 5.92. The molecule has 1 heterocycles. The first-order chi connectivity index (χ1) is 10.3. The number of ether oxygens (including phenoxy) is 1. The first-order valence-corrected chi connectivity index (χ1v) is 7.99. The zero-order valence-corrected chi connectivity index (χ0v) is 13.1. The third kappa shape index (κ3) is 3.06. The number of hydrogen-bond acceptors (Lipinski definition) is 3. The third-order valence-corrected chi connectivity index (χ3v) is 4.25. The van der Waals surface area contributed by atoms with Crippen molar-refractivity contribution in [3.8, 4) is 0 Å². The van der Waals surface area contributed by atoms with E-state index in [-0.39, 0.29) is 6.10 Å². The number of fused-ring (bicyclic) bond motifs is 1. The molecule has 0 saturated heterocycles. The molecule has 0 saturated carbocycles. The smallest absolute Gasteiger partial charge is 0.141 e. The van der Waals surface area contributed by atoms with Crippen LogP contribution in [0, 0.1) is 4.64 Å². The van der Waals surface area contributed by atoms with Crippen molar-refractivity contribution in [1.82, 2.24) is 9.97 Å². The Labute approximate surface area is 130 Å². The number of aryl methyl sites for hydroxylation is 1. The molecule has 2 aromatic rings. The van der Waals surface area contributed by atoms with Gasteiger partial charge in [-0.05, 0) is 38.2 Å². The van der Waals surface area contributed by atoms with E-state index in [2.05, 4.69) is 22.1 Å². The molecule has 1 aromatic heterocycles. The number of aromatic amines is 1. The van der Waals surface area contributed by atoms with E-state index in [1.54, 1.807) is 0 Å². The number of nitrogens with one attached hydrogen (secondary N) is 1. The van der Waals surface area contributed by atoms with Gasteiger partial charge < -0.3 is 9.72 Å². The van der Waals surface area contributed by atoms with Gasteiger partial charge in [-0.2, -0.15) is 0 Å². The van der Waals surface area contributed by atoms with Crippen LogP contribution >= 0.6 is 12.2 Å². The highest BCUT2D eigenvalue weighted by Crippen LogP contribution is 2.26. The average molecular weight is 300 g/mol. The Morgan fingerprint density at radius 3 is 2.76 bits per heavy atom. The quantitative estimate of drug-likeness (QED) is 0.862. The summed E-state index contributed by atoms with van der Waals surface area (Å²) in [5.74, 6) is 0.828. The van der Waals surface area contributed by atoms with E-state index in [1.807, 2.05) is 25.1 Å². The molecule has 0 radical (unpaired) electrons. The summed E-state index contributed by atoms with van der Waals surface area (Å²) >= 11 is 5.49. The molecule has 1 N–H and O–H groups in total. The van der Waals surface area contributed by atoms with Crippen molar-refractivity contribution >= 4 is 12.2 Å². The summed E-state index contributed by atoms with van der Waals surface area (Å²) < 4.78 is 6.66. The Hall–Kier alpha value is -1.52. The van der Waals surface area contributed by atoms with Crippen LogP contribution in [0.2, 0.25) is 0 Å². The molecular formula is C17H20N2OS. The summed E-state index contributed by atoms with van der Waals surface area (Å²) in [4.78, 5) is 8.10. The number of hydrogen-bond donors (Lipinski definition) is 1. The Balaban J connectivity index is 2.04. The highest BCUT2D eigenvalue weighted by atomic mass is 32.1. The Morgan fingerprint density at radius 2 is 2.00 bits per heavy atom. The standard InChI is InChI=1S/C17H20N2OS/c1-2-20-15(12-8-4-3-5-9-12)16-18-14-11-7-6-10-13(14)17(21)19-16/h3-5,8-9,15H,2,6-7,10-11H2,1H3,(H,18,19,21). The largest absolute Gasteiger partial charge is 0.366 e. The predicted molar refractivity (Wildman–Crippen MR) is 86.0 cm³/mol. The van der Waals surface area contributed by atoms with E-state index in [9.17, 15) is 0 Å². The van der Waals surface area contributed by atoms with Crippen LogP contribution in [-0.2, 0) is 17.6 Å². The van der Waals surface area contributed by atoms with Gasteiger partial charge in [-0.1, -0.05) is 42.5 Å². The van der Waals surface area contributed by atoms with Crippen molar-refractivity contribution in [3.05, 3.63) is 57.6 Å². The van der Waals surface area contributed by atoms with E-state index in [1.165, 1.54) is 24.1 Å². The van der Waals surface area contributed by atoms with Crippen molar-refractivity contribution in [2.45, 2.75) is 38.7 Å². The van der Waals surface area contributed by atoms with Crippen LogP contribution in [0.5, 0.6) is 0 Å². The summed E-state index contributed by atoms with van der Waals surface area (Å²) in [6.45, 7) is 2.64. The zero-order valence-electron chi connectivity index (χ0n) is 12.3. The van der Waals surface area contributed by atoms with Crippen LogP contribution in [0.15, 0.2) is 30.3 Å². The molecule has 3 nitrogen and oxygen atoms in total. The van der Waals surface area contributed by atoms with Crippen LogP contribution in [0.3, 0.4) is 0 Å². The molecule has 1 aliphatic rings. The van der Waals surface area contributed by atoms with Gasteiger partial charge in [0.15, 0.2) is 0 Å². The summed E-state index contributed by atoms with van der Waals surface area (Å²) in [6, 6.07) is 10.2. The van der Waals surface area contributed by atoms with E-state index in [4.69, 9.17) is 17.0 Å². The normalized spacial score (nSPS) is 15.5. The molecule has 0 amide bonds. The molecule has 21 heavy (non-hydrogen) atoms. The Kier molecular flexibility index (Phi) is 4.46. The van der Waals surface area contributed by atoms with Gasteiger partial charge in [-0.3, -0.25) is 0 Å². The molecule has 1 unspecified atom stereocenters. The number of benzene rings is 1. The molecule has 1 aromatic carbocycles. The maximum Gasteiger partial charge on any atom is 0.141 e. The Morgan fingerprint density at radius 1 is 1.24 bits per heavy atom. The lowest BCUT2D eigenvalue weighted by Crippen LogP contribution is -2.15. The molecule has 4 heteroatoms. The molecule has 1 aliphatic carbocycles. The van der Waals surface area contributed by atoms with Gasteiger partial charge in [0.05, 0.1) is 0 Å². The predicted octanol–water partition coefficient (Wildman–Crippen LogP) is 4.14. The monoisotopic (exact) mass is 300 g/mol. The average Bonchev–Trinajstić information content (AvgIpc) is 2.53. The lowest BCUT2D eigenvalue weighted by atomic mass is 9.97. The molecule has 110 valence electrons. The fraction of sp³-hybridized carbons (Fsp3) is 0.412. The Bertz CT molecular complexity index is 666. The third-order valence-electron chi connectivity index (χ3n) is 3.91. The zero-order chi connectivity index (χ0) is 14.7. The second kappa shape index (κ2) is 6.50. The van der Waals surface area contributed by atoms with Crippen molar-refractivity contribution in [2.24, 2.45) is 0 Å². The van der Waals surface area contributed by atoms with Crippen molar-refractivity contribution < 1.29 is 4.74 Å². The molecule has 0 spiro atoms. The summed E-state index contributed by atoms with van der Waals surface area (Å²) in [5, 5.41) is 0. The fourth-order valence-corrected chi connectivity index (χ4v) is 3.21. The SMILES string of the molecule is CCOC(c1ccccc1)c1nc(=S)c2c([nH]1)CCCC2. The van der Waals surface area contributed by atoms with Crippen LogP contribution in [-0.4, -0.2) is 16.6 Å². The minimum atomic E-state index is -0.176. The second-order valence-electron chi connectivity index (χ2n) is 5.34. The van der Waals surface area contributed by atoms with Gasteiger partial charge in [-0.15, -0.1) is 0 Å². The van der Waals surface area contributed by atoms with E-state index in [0.717, 1.165) is 28.9 Å². The fourth-order valence-electron chi connectivity index (χ4n) is 2.89. The van der Waals surface area contributed by atoms with Crippen molar-refractivity contribution in [1.29, 1.82) is 0 Å². The molecule has 0 bridgehead atoms. The minimum absolute atomic E-state index is 0.176. The summed E-state index contributed by atoms with van der Waals surface area (Å²) in [7, 11) is 0. The van der Waals surface area contributed by atoms with Gasteiger partial charge in [0.25, 0.3) is 0 Å². The topological polar surface area (TPSA) is 37.9 Å². The lowest BCUT2D eigenvalue weighted by Gasteiger charge is -2.21. The van der Waals surface area contributed by atoms with Gasteiger partial charge in [-0.25, -0.2) is 4.98 Å². The van der Waals surface area contributed by atoms with Crippen molar-refractivity contribution in [2.75, 3.05) is 6.61 Å². The van der Waals surface area contributed by atoms with Crippen LogP contribution in [0.25, 0.3) is 0 Å². The number of aromatic nitrogens is 2. The van der Waals surface area contributed by atoms with Gasteiger partial charge in [0.1, 0.15) is 16.6 Å². The summed E-state index contributed by atoms with van der Waals surface area (Å²) in [5.41, 5.74) is 3.58. The first-order valence-electron chi connectivity index (χ1n) is 7.58. The molecule has 0 fully saturated rings. The summed E-state index contributed by atoms with van der Waals surface area (Å²) in [6.07, 6.45) is 4.35. The van der Waals surface area contributed by atoms with Gasteiger partial charge >= 0.3 is 0 Å². The lowest BCUT2D eigenvalue weighted by molar-refractivity contribution is 0.0848. The van der Waals surface area contributed by atoms with Crippen LogP contribution in [0.1, 0.15) is 48.5 Å². The molecular weight excluding hydrogens is 280 g/mol. The highest BCUT2D eigenvalue weighted by Gasteiger charge is 2.20. The maximum absolute atomic E-state index is 5.92. The van der Waals surface area contributed by atoms with E-state index >= 15 is 0 Å². The van der Waals surface area contributed by atoms with Gasteiger partial charge in [0, 0.05) is 17.9 Å². The number of rotatable bonds is 4. The van der Waals surface area contributed by atoms with Crippen LogP contribution < -0.4 is 0 Å². The number of nitrogens with zero attached hydrogens (tertiary/aromatic N) is 1. The van der Waals surface area contributed by atoms with Crippen molar-refractivity contribution in [3.63, 3.8) is 0 Å². The molecule has 0 aliphatic heterocycles. The van der Waals surface area contributed by atoms with Crippen LogP contribution in [0.4, 0.5) is 0 Å². The first kappa shape index (κ1) is 14.4. The van der Waals surface area contributed by atoms with E-state index in [0.29, 0.717) is 6.61 Å². The van der Waals surface area contributed by atoms with Gasteiger partial charge in [0.2, 0.25) is 0 Å². The molecule has 3 rings (SSSR count). The van der Waals surface area contributed by atoms with E-state index < -0.39 is 0 Å². The second-order valence-corrected chi connectivity index (χ2v) is 5.72. The highest BCUT2D eigenvalue weighted by molar-refractivity contribution is 7.71.